The zero-order valence-corrected chi connectivity index (χ0v) is 9.03. The van der Waals surface area contributed by atoms with Gasteiger partial charge in [0.2, 0.25) is 0 Å². The molecule has 2 rings (SSSR count). The minimum Gasteiger partial charge on any atom is -0.481 e. The van der Waals surface area contributed by atoms with Crippen molar-refractivity contribution in [1.29, 1.82) is 0 Å². The number of nitrogens with one attached hydrogen (secondary N) is 1. The van der Waals surface area contributed by atoms with E-state index in [0.717, 1.165) is 0 Å². The Balaban J connectivity index is 2.49. The summed E-state index contributed by atoms with van der Waals surface area (Å²) in [7, 11) is 0. The topological polar surface area (TPSA) is 92.0 Å². The van der Waals surface area contributed by atoms with Gasteiger partial charge in [0.05, 0.1) is 16.1 Å². The first-order chi connectivity index (χ1) is 7.61. The third-order valence-electron chi connectivity index (χ3n) is 2.37. The summed E-state index contributed by atoms with van der Waals surface area (Å²) in [6, 6.07) is 3.38. The fraction of sp³-hybridized carbons (Fsp3) is 0.200. The van der Waals surface area contributed by atoms with Crippen LogP contribution in [0, 0.1) is 0 Å². The summed E-state index contributed by atoms with van der Waals surface area (Å²) in [5, 5.41) is 9.46. The second kappa shape index (κ2) is 4.11. The van der Waals surface area contributed by atoms with Crippen LogP contribution in [0.3, 0.4) is 0 Å². The van der Waals surface area contributed by atoms with Crippen molar-refractivity contribution in [2.75, 3.05) is 6.54 Å². The van der Waals surface area contributed by atoms with Gasteiger partial charge in [0.25, 0.3) is 0 Å². The Morgan fingerprint density at radius 1 is 1.62 bits per heavy atom. The average Bonchev–Trinajstić information content (AvgIpc) is 2.60. The van der Waals surface area contributed by atoms with Gasteiger partial charge in [0.1, 0.15) is 5.92 Å². The maximum atomic E-state index is 10.9. The number of aromatic nitrogens is 2. The monoisotopic (exact) mass is 239 g/mol. The predicted molar refractivity (Wildman–Crippen MR) is 60.5 cm³/mol. The maximum absolute atomic E-state index is 10.9. The lowest BCUT2D eigenvalue weighted by Gasteiger charge is -2.05. The number of fused-ring (bicyclic) bond motifs is 1. The van der Waals surface area contributed by atoms with Crippen LogP contribution in [0.25, 0.3) is 11.0 Å². The Morgan fingerprint density at radius 2 is 2.38 bits per heavy atom. The van der Waals surface area contributed by atoms with Gasteiger partial charge in [-0.15, -0.1) is 0 Å². The number of halogens is 1. The van der Waals surface area contributed by atoms with Crippen molar-refractivity contribution in [2.24, 2.45) is 5.73 Å². The summed E-state index contributed by atoms with van der Waals surface area (Å²) < 4.78 is 0. The van der Waals surface area contributed by atoms with Gasteiger partial charge in [0, 0.05) is 18.4 Å². The van der Waals surface area contributed by atoms with Crippen LogP contribution in [-0.4, -0.2) is 27.6 Å². The Kier molecular flexibility index (Phi) is 2.80. The van der Waals surface area contributed by atoms with E-state index < -0.39 is 11.9 Å². The Labute approximate surface area is 96.2 Å². The summed E-state index contributed by atoms with van der Waals surface area (Å²) >= 11 is 5.78. The molecule has 1 unspecified atom stereocenters. The molecule has 0 amide bonds. The summed E-state index contributed by atoms with van der Waals surface area (Å²) in [5.74, 6) is -1.70. The molecule has 2 heterocycles. The molecule has 0 aliphatic carbocycles. The lowest BCUT2D eigenvalue weighted by molar-refractivity contribution is -0.138. The Morgan fingerprint density at radius 3 is 3.00 bits per heavy atom. The van der Waals surface area contributed by atoms with Gasteiger partial charge in [-0.1, -0.05) is 11.6 Å². The number of aromatic amines is 1. The molecule has 1 atom stereocenters. The quantitative estimate of drug-likeness (QED) is 0.754. The van der Waals surface area contributed by atoms with E-state index in [4.69, 9.17) is 22.4 Å². The molecule has 6 heteroatoms. The van der Waals surface area contributed by atoms with E-state index in [-0.39, 0.29) is 6.54 Å². The van der Waals surface area contributed by atoms with E-state index >= 15 is 0 Å². The highest BCUT2D eigenvalue weighted by atomic mass is 35.5. The molecule has 5 nitrogen and oxygen atoms in total. The lowest BCUT2D eigenvalue weighted by atomic mass is 10.1. The Bertz CT molecular complexity index is 538. The minimum atomic E-state index is -0.958. The third kappa shape index (κ3) is 1.87. The lowest BCUT2D eigenvalue weighted by Crippen LogP contribution is -2.21. The molecule has 2 aromatic rings. The van der Waals surface area contributed by atoms with E-state index in [9.17, 15) is 4.79 Å². The Hall–Kier alpha value is -1.59. The van der Waals surface area contributed by atoms with Crippen molar-refractivity contribution in [3.05, 3.63) is 29.0 Å². The van der Waals surface area contributed by atoms with Crippen molar-refractivity contribution in [3.8, 4) is 0 Å². The van der Waals surface area contributed by atoms with Gasteiger partial charge >= 0.3 is 5.97 Å². The van der Waals surface area contributed by atoms with E-state index in [1.165, 1.54) is 6.20 Å². The van der Waals surface area contributed by atoms with Crippen LogP contribution < -0.4 is 5.73 Å². The van der Waals surface area contributed by atoms with Crippen LogP contribution in [0.5, 0.6) is 0 Å². The molecule has 0 saturated heterocycles. The van der Waals surface area contributed by atoms with Gasteiger partial charge in [-0.2, -0.15) is 0 Å². The molecular weight excluding hydrogens is 230 g/mol. The molecule has 0 aromatic carbocycles. The molecule has 0 spiro atoms. The van der Waals surface area contributed by atoms with Crippen molar-refractivity contribution >= 4 is 28.6 Å². The zero-order valence-electron chi connectivity index (χ0n) is 8.27. The number of hydrogen-bond donors (Lipinski definition) is 3. The molecular formula is C10H10ClN3O2. The maximum Gasteiger partial charge on any atom is 0.313 e. The van der Waals surface area contributed by atoms with Crippen LogP contribution in [-0.2, 0) is 4.79 Å². The molecule has 0 bridgehead atoms. The van der Waals surface area contributed by atoms with Crippen molar-refractivity contribution in [1.82, 2.24) is 9.97 Å². The number of aliphatic carboxylic acids is 1. The van der Waals surface area contributed by atoms with E-state index in [1.54, 1.807) is 12.1 Å². The molecule has 16 heavy (non-hydrogen) atoms. The SMILES string of the molecule is NCC(C(=O)O)c1cc2ncc(Cl)cc2[nH]1. The predicted octanol–water partition coefficient (Wildman–Crippen LogP) is 1.34. The second-order valence-corrected chi connectivity index (χ2v) is 3.87. The number of hydrogen-bond acceptors (Lipinski definition) is 3. The van der Waals surface area contributed by atoms with Gasteiger partial charge in [-0.25, -0.2) is 0 Å². The van der Waals surface area contributed by atoms with Gasteiger partial charge in [-0.3, -0.25) is 9.78 Å². The molecule has 0 saturated carbocycles. The minimum absolute atomic E-state index is 0.0376. The summed E-state index contributed by atoms with van der Waals surface area (Å²) in [5.41, 5.74) is 7.34. The highest BCUT2D eigenvalue weighted by molar-refractivity contribution is 6.31. The smallest absolute Gasteiger partial charge is 0.313 e. The fourth-order valence-electron chi connectivity index (χ4n) is 1.55. The summed E-state index contributed by atoms with van der Waals surface area (Å²) in [6.07, 6.45) is 1.51. The second-order valence-electron chi connectivity index (χ2n) is 3.44. The number of pyridine rings is 1. The molecule has 84 valence electrons. The normalized spacial score (nSPS) is 12.9. The van der Waals surface area contributed by atoms with Crippen LogP contribution >= 0.6 is 11.6 Å². The van der Waals surface area contributed by atoms with Crippen LogP contribution in [0.2, 0.25) is 5.02 Å². The van der Waals surface area contributed by atoms with E-state index in [1.807, 2.05) is 0 Å². The highest BCUT2D eigenvalue weighted by Crippen LogP contribution is 2.21. The van der Waals surface area contributed by atoms with Crippen LogP contribution in [0.15, 0.2) is 18.3 Å². The van der Waals surface area contributed by atoms with Crippen molar-refractivity contribution in [3.63, 3.8) is 0 Å². The number of rotatable bonds is 3. The molecule has 0 aliphatic rings. The van der Waals surface area contributed by atoms with Crippen LogP contribution in [0.1, 0.15) is 11.6 Å². The largest absolute Gasteiger partial charge is 0.481 e. The molecule has 0 fully saturated rings. The number of nitrogens with zero attached hydrogens (tertiary/aromatic N) is 1. The number of carboxylic acids is 1. The number of carboxylic acid groups (broad SMARTS) is 1. The first kappa shape index (κ1) is 10.9. The molecule has 2 aromatic heterocycles. The van der Waals surface area contributed by atoms with Crippen molar-refractivity contribution in [2.45, 2.75) is 5.92 Å². The number of H-pyrrole nitrogens is 1. The fourth-order valence-corrected chi connectivity index (χ4v) is 1.71. The van der Waals surface area contributed by atoms with Crippen molar-refractivity contribution < 1.29 is 9.90 Å². The van der Waals surface area contributed by atoms with Crippen LogP contribution in [0.4, 0.5) is 0 Å². The van der Waals surface area contributed by atoms with E-state index in [0.29, 0.717) is 21.7 Å². The standard InChI is InChI=1S/C10H10ClN3O2/c11-5-1-9-8(13-4-5)2-7(14-9)6(3-12)10(15)16/h1-2,4,6,14H,3,12H2,(H,15,16). The van der Waals surface area contributed by atoms with Gasteiger partial charge < -0.3 is 15.8 Å². The van der Waals surface area contributed by atoms with Gasteiger partial charge in [-0.05, 0) is 12.1 Å². The zero-order chi connectivity index (χ0) is 11.7. The number of nitrogens with two attached hydrogens (primary N) is 1. The van der Waals surface area contributed by atoms with Gasteiger partial charge in [0.15, 0.2) is 0 Å². The molecule has 4 N–H and O–H groups in total. The third-order valence-corrected chi connectivity index (χ3v) is 2.57. The first-order valence-corrected chi connectivity index (χ1v) is 5.06. The highest BCUT2D eigenvalue weighted by Gasteiger charge is 2.20. The van der Waals surface area contributed by atoms with E-state index in [2.05, 4.69) is 9.97 Å². The molecule has 0 radical (unpaired) electrons. The first-order valence-electron chi connectivity index (χ1n) is 4.69. The average molecular weight is 240 g/mol. The molecule has 0 aliphatic heterocycles. The summed E-state index contributed by atoms with van der Waals surface area (Å²) in [6.45, 7) is 0.0376. The summed E-state index contributed by atoms with van der Waals surface area (Å²) in [4.78, 5) is 18.0. The number of carbonyl (C=O) groups is 1.